The van der Waals surface area contributed by atoms with Crippen LogP contribution in [0.15, 0.2) is 29.3 Å². The molecule has 3 heterocycles. The molecule has 10 nitrogen and oxygen atoms in total. The van der Waals surface area contributed by atoms with E-state index in [4.69, 9.17) is 0 Å². The van der Waals surface area contributed by atoms with Crippen LogP contribution < -0.4 is 10.6 Å². The van der Waals surface area contributed by atoms with Crippen molar-refractivity contribution in [2.45, 2.75) is 51.6 Å². The number of hydrogen-bond donors (Lipinski definition) is 3. The smallest absolute Gasteiger partial charge is 0.406 e. The molecule has 11 heteroatoms. The van der Waals surface area contributed by atoms with Gasteiger partial charge in [0.2, 0.25) is 0 Å². The molecule has 39 heavy (non-hydrogen) atoms. The van der Waals surface area contributed by atoms with E-state index in [0.717, 1.165) is 65.7 Å². The number of hydrogen-bond acceptors (Lipinski definition) is 7. The summed E-state index contributed by atoms with van der Waals surface area (Å²) in [5.74, 6) is -0.486. The van der Waals surface area contributed by atoms with Crippen LogP contribution in [-0.2, 0) is 17.7 Å². The zero-order chi connectivity index (χ0) is 27.4. The number of rotatable bonds is 7. The summed E-state index contributed by atoms with van der Waals surface area (Å²) >= 11 is 1.39. The second kappa shape index (κ2) is 12.1. The number of nitrogens with zero attached hydrogens (tertiary/aromatic N) is 3. The summed E-state index contributed by atoms with van der Waals surface area (Å²) in [6.45, 7) is 4.73. The van der Waals surface area contributed by atoms with Gasteiger partial charge in [0.1, 0.15) is 5.69 Å². The number of carbonyl (C=O) groups is 3. The van der Waals surface area contributed by atoms with Crippen molar-refractivity contribution in [3.05, 3.63) is 51.1 Å². The van der Waals surface area contributed by atoms with E-state index in [1.165, 1.54) is 18.4 Å². The van der Waals surface area contributed by atoms with Gasteiger partial charge >= 0.3 is 12.0 Å². The predicted molar refractivity (Wildman–Crippen MR) is 151 cm³/mol. The number of aromatic nitrogens is 2. The molecule has 1 fully saturated rings. The zero-order valence-corrected chi connectivity index (χ0v) is 23.1. The van der Waals surface area contributed by atoms with Crippen molar-refractivity contribution in [3.8, 4) is 0 Å². The number of carbonyl (C=O) groups excluding carboxylic acids is 3. The van der Waals surface area contributed by atoms with Crippen LogP contribution in [0.2, 0.25) is 0 Å². The minimum Gasteiger partial charge on any atom is -0.453 e. The summed E-state index contributed by atoms with van der Waals surface area (Å²) in [5.41, 5.74) is 3.57. The van der Waals surface area contributed by atoms with Gasteiger partial charge in [0.15, 0.2) is 5.01 Å². The number of aromatic amines is 1. The highest BCUT2D eigenvalue weighted by Gasteiger charge is 2.27. The first kappa shape index (κ1) is 27.0. The van der Waals surface area contributed by atoms with Crippen molar-refractivity contribution in [1.29, 1.82) is 0 Å². The second-order valence-corrected chi connectivity index (χ2v) is 11.3. The molecule has 0 saturated heterocycles. The highest BCUT2D eigenvalue weighted by molar-refractivity contribution is 7.13. The molecule has 3 N–H and O–H groups in total. The van der Waals surface area contributed by atoms with E-state index in [2.05, 4.69) is 41.3 Å². The van der Waals surface area contributed by atoms with Gasteiger partial charge in [0.05, 0.1) is 12.8 Å². The van der Waals surface area contributed by atoms with E-state index >= 15 is 0 Å². The fraction of sp³-hybridized carbons (Fsp3) is 0.464. The number of H-pyrrole nitrogens is 1. The molecule has 0 spiro atoms. The van der Waals surface area contributed by atoms with E-state index in [9.17, 15) is 14.4 Å². The van der Waals surface area contributed by atoms with Crippen molar-refractivity contribution in [2.75, 3.05) is 26.7 Å². The maximum Gasteiger partial charge on any atom is 0.406 e. The third-order valence-corrected chi connectivity index (χ3v) is 8.49. The molecule has 1 aliphatic carbocycles. The lowest BCUT2D eigenvalue weighted by Crippen LogP contribution is -2.42. The average Bonchev–Trinajstić information content (AvgIpc) is 3.56. The van der Waals surface area contributed by atoms with Crippen LogP contribution in [0.4, 0.5) is 4.79 Å². The maximum absolute atomic E-state index is 13.0. The molecule has 2 atom stereocenters. The van der Waals surface area contributed by atoms with Gasteiger partial charge in [-0.05, 0) is 38.0 Å². The quantitative estimate of drug-likeness (QED) is 0.384. The number of ether oxygens (including phenoxy) is 1. The molecule has 5 rings (SSSR count). The number of thiazole rings is 1. The molecule has 3 amide bonds. The first-order chi connectivity index (χ1) is 18.9. The molecule has 1 unspecified atom stereocenters. The first-order valence-corrected chi connectivity index (χ1v) is 14.2. The summed E-state index contributed by atoms with van der Waals surface area (Å²) < 4.78 is 4.60. The molecular weight excluding hydrogens is 516 g/mol. The monoisotopic (exact) mass is 550 g/mol. The van der Waals surface area contributed by atoms with Crippen molar-refractivity contribution in [2.24, 2.45) is 10.9 Å². The summed E-state index contributed by atoms with van der Waals surface area (Å²) in [5, 5.41) is 7.27. The lowest BCUT2D eigenvalue weighted by atomic mass is 9.85. The topological polar surface area (TPSA) is 129 Å². The molecule has 0 bridgehead atoms. The second-order valence-electron chi connectivity index (χ2n) is 10.2. The fourth-order valence-corrected chi connectivity index (χ4v) is 6.32. The van der Waals surface area contributed by atoms with Gasteiger partial charge in [-0.3, -0.25) is 14.5 Å². The summed E-state index contributed by atoms with van der Waals surface area (Å²) in [6, 6.07) is 7.87. The van der Waals surface area contributed by atoms with Crippen LogP contribution in [0.5, 0.6) is 0 Å². The van der Waals surface area contributed by atoms with Gasteiger partial charge in [-0.25, -0.2) is 14.8 Å². The average molecular weight is 551 g/mol. The van der Waals surface area contributed by atoms with Crippen LogP contribution >= 0.6 is 11.3 Å². The highest BCUT2D eigenvalue weighted by atomic mass is 32.1. The molecule has 0 radical (unpaired) electrons. The largest absolute Gasteiger partial charge is 0.453 e. The van der Waals surface area contributed by atoms with Crippen molar-refractivity contribution in [3.63, 3.8) is 0 Å². The Morgan fingerprint density at radius 3 is 2.95 bits per heavy atom. The van der Waals surface area contributed by atoms with Gasteiger partial charge in [-0.15, -0.1) is 11.3 Å². The number of benzene rings is 1. The van der Waals surface area contributed by atoms with E-state index in [1.807, 2.05) is 25.1 Å². The Balaban J connectivity index is 1.19. The van der Waals surface area contributed by atoms with Crippen molar-refractivity contribution in [1.82, 2.24) is 25.5 Å². The molecule has 2 aliphatic rings. The van der Waals surface area contributed by atoms with Crippen molar-refractivity contribution >= 4 is 46.4 Å². The fourth-order valence-electron chi connectivity index (χ4n) is 5.28. The Labute approximate surface area is 231 Å². The number of aryl methyl sites for hydroxylation is 1. The number of alkyl carbamates (subject to hydrolysis) is 1. The van der Waals surface area contributed by atoms with Gasteiger partial charge in [0.25, 0.3) is 5.91 Å². The number of amides is 3. The molecule has 2 aromatic heterocycles. The summed E-state index contributed by atoms with van der Waals surface area (Å²) in [4.78, 5) is 52.6. The molecule has 206 valence electrons. The van der Waals surface area contributed by atoms with Crippen molar-refractivity contribution < 1.29 is 19.1 Å². The van der Waals surface area contributed by atoms with Crippen LogP contribution in [-0.4, -0.2) is 71.8 Å². The third-order valence-electron chi connectivity index (χ3n) is 7.42. The summed E-state index contributed by atoms with van der Waals surface area (Å²) in [7, 11) is 1.34. The predicted octanol–water partition coefficient (Wildman–Crippen LogP) is 3.85. The standard InChI is InChI=1S/C28H34N6O4S/c1-17-7-8-21-19(13-17)14-23(31-21)25(35)32-20-6-4-3-5-18(20)15-30-26(36)27-33-22-9-11-34(16-24(22)39-27)12-10-29-28(37)38-2/h7-8,13-15,18,20,31H,3-6,9-12,16H2,1-2H3,(H,29,37)(H,32,35)/t18?,20-/m0/s1. The molecule has 3 aromatic rings. The molecule has 1 aliphatic heterocycles. The Morgan fingerprint density at radius 1 is 1.26 bits per heavy atom. The van der Waals surface area contributed by atoms with Gasteiger partial charge < -0.3 is 20.4 Å². The Kier molecular flexibility index (Phi) is 8.37. The molecule has 1 saturated carbocycles. The Hall–Kier alpha value is -3.57. The first-order valence-electron chi connectivity index (χ1n) is 13.4. The van der Waals surface area contributed by atoms with E-state index in [0.29, 0.717) is 30.3 Å². The summed E-state index contributed by atoms with van der Waals surface area (Å²) in [6.07, 6.45) is 5.81. The van der Waals surface area contributed by atoms with Gasteiger partial charge in [-0.1, -0.05) is 24.5 Å². The number of aliphatic imine (C=N–C) groups is 1. The normalized spacial score (nSPS) is 19.6. The number of fused-ring (bicyclic) bond motifs is 2. The number of methoxy groups -OCH3 is 1. The van der Waals surface area contributed by atoms with E-state index < -0.39 is 6.09 Å². The maximum atomic E-state index is 13.0. The van der Waals surface area contributed by atoms with Gasteiger partial charge in [0, 0.05) is 66.6 Å². The van der Waals surface area contributed by atoms with Crippen LogP contribution in [0.1, 0.15) is 62.1 Å². The molecular formula is C28H34N6O4S. The minimum absolute atomic E-state index is 0.00865. The minimum atomic E-state index is -0.441. The van der Waals surface area contributed by atoms with Crippen LogP contribution in [0.3, 0.4) is 0 Å². The zero-order valence-electron chi connectivity index (χ0n) is 22.3. The number of nitrogens with one attached hydrogen (secondary N) is 3. The highest BCUT2D eigenvalue weighted by Crippen LogP contribution is 2.27. The Morgan fingerprint density at radius 2 is 2.10 bits per heavy atom. The van der Waals surface area contributed by atoms with E-state index in [-0.39, 0.29) is 23.8 Å². The van der Waals surface area contributed by atoms with Crippen LogP contribution in [0, 0.1) is 12.8 Å². The SMILES string of the molecule is COC(=O)NCCN1CCc2nc(C(=O)N=CC3CCCC[C@@H]3NC(=O)c3cc4cc(C)ccc4[nH]3)sc2C1. The Bertz CT molecular complexity index is 1400. The lowest BCUT2D eigenvalue weighted by Gasteiger charge is -2.29. The van der Waals surface area contributed by atoms with E-state index in [1.54, 1.807) is 6.21 Å². The lowest BCUT2D eigenvalue weighted by molar-refractivity contribution is 0.0915. The van der Waals surface area contributed by atoms with Gasteiger partial charge in [-0.2, -0.15) is 0 Å². The third kappa shape index (κ3) is 6.54. The molecule has 1 aromatic carbocycles. The van der Waals surface area contributed by atoms with Crippen LogP contribution in [0.25, 0.3) is 10.9 Å².